The van der Waals surface area contributed by atoms with Crippen molar-refractivity contribution in [3.05, 3.63) is 34.6 Å². The summed E-state index contributed by atoms with van der Waals surface area (Å²) in [6, 6.07) is 3.62. The fourth-order valence-corrected chi connectivity index (χ4v) is 3.51. The third-order valence-corrected chi connectivity index (χ3v) is 4.49. The van der Waals surface area contributed by atoms with Crippen LogP contribution < -0.4 is 5.32 Å². The second-order valence-corrected chi connectivity index (χ2v) is 5.92. The van der Waals surface area contributed by atoms with Crippen molar-refractivity contribution in [3.8, 4) is 0 Å². The molecule has 0 aromatic heterocycles. The van der Waals surface area contributed by atoms with E-state index in [1.165, 1.54) is 5.56 Å². The fourth-order valence-electron chi connectivity index (χ4n) is 2.33. The van der Waals surface area contributed by atoms with Crippen LogP contribution in [0.15, 0.2) is 12.1 Å². The van der Waals surface area contributed by atoms with Crippen molar-refractivity contribution >= 4 is 11.8 Å². The van der Waals surface area contributed by atoms with Gasteiger partial charge in [-0.15, -0.1) is 0 Å². The van der Waals surface area contributed by atoms with Gasteiger partial charge in [-0.1, -0.05) is 6.92 Å². The first-order valence-corrected chi connectivity index (χ1v) is 6.74. The van der Waals surface area contributed by atoms with Gasteiger partial charge in [-0.25, -0.2) is 4.39 Å². The molecule has 3 heteroatoms. The van der Waals surface area contributed by atoms with Gasteiger partial charge in [0.1, 0.15) is 5.82 Å². The molecule has 1 nitrogen and oxygen atoms in total. The average molecular weight is 239 g/mol. The van der Waals surface area contributed by atoms with E-state index < -0.39 is 0 Å². The van der Waals surface area contributed by atoms with E-state index >= 15 is 0 Å². The zero-order valence-corrected chi connectivity index (χ0v) is 10.8. The fraction of sp³-hybridized carbons (Fsp3) is 0.538. The van der Waals surface area contributed by atoms with Crippen molar-refractivity contribution in [1.29, 1.82) is 0 Å². The van der Waals surface area contributed by atoms with Crippen LogP contribution in [-0.2, 0) is 5.75 Å². The van der Waals surface area contributed by atoms with E-state index in [1.54, 1.807) is 12.1 Å². The topological polar surface area (TPSA) is 12.0 Å². The van der Waals surface area contributed by atoms with E-state index in [0.29, 0.717) is 5.25 Å². The number of nitrogens with one attached hydrogen (secondary N) is 1. The molecule has 1 aliphatic rings. The van der Waals surface area contributed by atoms with Crippen LogP contribution >= 0.6 is 11.8 Å². The Morgan fingerprint density at radius 3 is 2.88 bits per heavy atom. The summed E-state index contributed by atoms with van der Waals surface area (Å²) in [4.78, 5) is 0. The van der Waals surface area contributed by atoms with Crippen molar-refractivity contribution < 1.29 is 4.39 Å². The maximum Gasteiger partial charge on any atom is 0.123 e. The van der Waals surface area contributed by atoms with Crippen molar-refractivity contribution in [2.75, 3.05) is 7.05 Å². The van der Waals surface area contributed by atoms with Crippen molar-refractivity contribution in [1.82, 2.24) is 5.32 Å². The lowest BCUT2D eigenvalue weighted by atomic mass is 9.94. The smallest absolute Gasteiger partial charge is 0.123 e. The maximum absolute atomic E-state index is 13.5. The molecule has 0 fully saturated rings. The van der Waals surface area contributed by atoms with Gasteiger partial charge in [0, 0.05) is 17.0 Å². The molecule has 0 saturated heterocycles. The molecule has 0 aliphatic carbocycles. The van der Waals surface area contributed by atoms with Gasteiger partial charge in [-0.05, 0) is 49.2 Å². The molecular weight excluding hydrogens is 221 g/mol. The van der Waals surface area contributed by atoms with Gasteiger partial charge in [0.15, 0.2) is 0 Å². The Labute approximate surface area is 101 Å². The second kappa shape index (κ2) is 4.76. The van der Waals surface area contributed by atoms with Crippen LogP contribution in [0.2, 0.25) is 0 Å². The molecule has 0 saturated carbocycles. The highest BCUT2D eigenvalue weighted by atomic mass is 32.2. The molecule has 0 spiro atoms. The first-order chi connectivity index (χ1) is 7.61. The minimum absolute atomic E-state index is 0.115. The monoisotopic (exact) mass is 239 g/mol. The van der Waals surface area contributed by atoms with Gasteiger partial charge >= 0.3 is 0 Å². The Morgan fingerprint density at radius 2 is 2.19 bits per heavy atom. The van der Waals surface area contributed by atoms with Crippen LogP contribution in [0.3, 0.4) is 0 Å². The van der Waals surface area contributed by atoms with Crippen molar-refractivity contribution in [3.63, 3.8) is 0 Å². The lowest BCUT2D eigenvalue weighted by Gasteiger charge is -2.19. The third kappa shape index (κ3) is 2.25. The Balaban J connectivity index is 2.48. The van der Waals surface area contributed by atoms with Crippen LogP contribution in [-0.4, -0.2) is 12.3 Å². The van der Waals surface area contributed by atoms with Crippen LogP contribution in [0.25, 0.3) is 0 Å². The first-order valence-electron chi connectivity index (χ1n) is 5.69. The number of fused-ring (bicyclic) bond motifs is 1. The van der Waals surface area contributed by atoms with E-state index in [0.717, 1.165) is 23.3 Å². The highest BCUT2D eigenvalue weighted by molar-refractivity contribution is 7.99. The zero-order valence-electron chi connectivity index (χ0n) is 10.0. The van der Waals surface area contributed by atoms with Gasteiger partial charge in [0.2, 0.25) is 0 Å². The minimum atomic E-state index is -0.115. The van der Waals surface area contributed by atoms with Gasteiger partial charge < -0.3 is 5.32 Å². The molecule has 1 aromatic carbocycles. The molecule has 2 rings (SSSR count). The molecule has 88 valence electrons. The summed E-state index contributed by atoms with van der Waals surface area (Å²) in [5.74, 6) is 0.886. The zero-order chi connectivity index (χ0) is 11.7. The quantitative estimate of drug-likeness (QED) is 0.806. The number of aryl methyl sites for hydroxylation is 1. The molecule has 0 radical (unpaired) electrons. The van der Waals surface area contributed by atoms with Gasteiger partial charge in [-0.2, -0.15) is 11.8 Å². The standard InChI is InChI=1S/C13H18FNS/c1-8-4-10(14)6-11-12(8)7-16-9(2)5-13(11)15-3/h4,6,9,13,15H,5,7H2,1-3H3. The molecule has 2 unspecified atom stereocenters. The number of hydrogen-bond acceptors (Lipinski definition) is 2. The summed E-state index contributed by atoms with van der Waals surface area (Å²) in [5.41, 5.74) is 3.55. The Kier molecular flexibility index (Phi) is 3.55. The predicted molar refractivity (Wildman–Crippen MR) is 68.3 cm³/mol. The summed E-state index contributed by atoms with van der Waals surface area (Å²) in [6.07, 6.45) is 1.07. The Morgan fingerprint density at radius 1 is 1.44 bits per heavy atom. The van der Waals surface area contributed by atoms with Crippen molar-refractivity contribution in [2.24, 2.45) is 0 Å². The maximum atomic E-state index is 13.5. The van der Waals surface area contributed by atoms with Crippen LogP contribution in [0, 0.1) is 12.7 Å². The first kappa shape index (κ1) is 11.9. The number of thioether (sulfide) groups is 1. The molecule has 0 amide bonds. The second-order valence-electron chi connectivity index (χ2n) is 4.49. The van der Waals surface area contributed by atoms with Crippen LogP contribution in [0.4, 0.5) is 4.39 Å². The molecular formula is C13H18FNS. The number of rotatable bonds is 1. The largest absolute Gasteiger partial charge is 0.313 e. The molecule has 1 N–H and O–H groups in total. The number of benzene rings is 1. The molecule has 16 heavy (non-hydrogen) atoms. The highest BCUT2D eigenvalue weighted by Gasteiger charge is 2.23. The van der Waals surface area contributed by atoms with E-state index in [2.05, 4.69) is 12.2 Å². The summed E-state index contributed by atoms with van der Waals surface area (Å²) in [7, 11) is 1.96. The summed E-state index contributed by atoms with van der Waals surface area (Å²) in [5, 5.41) is 3.92. The van der Waals surface area contributed by atoms with Gasteiger partial charge in [0.25, 0.3) is 0 Å². The van der Waals surface area contributed by atoms with E-state index in [-0.39, 0.29) is 11.9 Å². The molecule has 0 bridgehead atoms. The Bertz CT molecular complexity index is 392. The van der Waals surface area contributed by atoms with E-state index in [1.807, 2.05) is 25.7 Å². The predicted octanol–water partition coefficient (Wildman–Crippen LogP) is 3.42. The molecule has 1 heterocycles. The lowest BCUT2D eigenvalue weighted by molar-refractivity contribution is 0.541. The average Bonchev–Trinajstić information content (AvgIpc) is 2.38. The van der Waals surface area contributed by atoms with Gasteiger partial charge in [-0.3, -0.25) is 0 Å². The lowest BCUT2D eigenvalue weighted by Crippen LogP contribution is -2.19. The third-order valence-electron chi connectivity index (χ3n) is 3.28. The summed E-state index contributed by atoms with van der Waals surface area (Å²) < 4.78 is 13.5. The minimum Gasteiger partial charge on any atom is -0.313 e. The van der Waals surface area contributed by atoms with E-state index in [4.69, 9.17) is 0 Å². The number of halogens is 1. The van der Waals surface area contributed by atoms with Crippen LogP contribution in [0.1, 0.15) is 36.1 Å². The molecule has 2 atom stereocenters. The van der Waals surface area contributed by atoms with E-state index in [9.17, 15) is 4.39 Å². The summed E-state index contributed by atoms with van der Waals surface area (Å²) in [6.45, 7) is 4.25. The SMILES string of the molecule is CNC1CC(C)SCc2c(C)cc(F)cc21. The summed E-state index contributed by atoms with van der Waals surface area (Å²) >= 11 is 1.96. The van der Waals surface area contributed by atoms with Crippen LogP contribution in [0.5, 0.6) is 0 Å². The highest BCUT2D eigenvalue weighted by Crippen LogP contribution is 2.36. The number of hydrogen-bond donors (Lipinski definition) is 1. The molecule has 1 aliphatic heterocycles. The molecule has 1 aromatic rings. The Hall–Kier alpha value is -0.540. The van der Waals surface area contributed by atoms with Gasteiger partial charge in [0.05, 0.1) is 0 Å². The normalized spacial score (nSPS) is 25.0. The van der Waals surface area contributed by atoms with Crippen molar-refractivity contribution in [2.45, 2.75) is 37.3 Å².